The average Bonchev–Trinajstić information content (AvgIpc) is 2.33. The van der Waals surface area contributed by atoms with Crippen molar-refractivity contribution in [2.75, 3.05) is 19.8 Å². The Labute approximate surface area is 111 Å². The van der Waals surface area contributed by atoms with Crippen molar-refractivity contribution in [3.63, 3.8) is 0 Å². The molecule has 0 aliphatic rings. The van der Waals surface area contributed by atoms with Gasteiger partial charge in [0.2, 0.25) is 0 Å². The SMILES string of the molecule is CCCNC(C)(COC(C)C(C)C)C(=O)OCC. The lowest BCUT2D eigenvalue weighted by Crippen LogP contribution is -2.54. The van der Waals surface area contributed by atoms with E-state index in [-0.39, 0.29) is 12.1 Å². The molecule has 0 saturated carbocycles. The molecule has 0 bridgehead atoms. The Morgan fingerprint density at radius 2 is 1.89 bits per heavy atom. The second kappa shape index (κ2) is 8.48. The summed E-state index contributed by atoms with van der Waals surface area (Å²) in [6.07, 6.45) is 1.09. The van der Waals surface area contributed by atoms with Crippen molar-refractivity contribution in [1.82, 2.24) is 5.32 Å². The molecule has 4 nitrogen and oxygen atoms in total. The normalized spacial score (nSPS) is 16.4. The van der Waals surface area contributed by atoms with Crippen LogP contribution in [0, 0.1) is 5.92 Å². The van der Waals surface area contributed by atoms with Gasteiger partial charge in [-0.15, -0.1) is 0 Å². The molecular formula is C14H29NO3. The predicted octanol–water partition coefficient (Wildman–Crippen LogP) is 2.37. The van der Waals surface area contributed by atoms with Gasteiger partial charge in [0.05, 0.1) is 19.3 Å². The van der Waals surface area contributed by atoms with Crippen molar-refractivity contribution in [3.8, 4) is 0 Å². The monoisotopic (exact) mass is 259 g/mol. The van der Waals surface area contributed by atoms with Crippen LogP contribution in [0.15, 0.2) is 0 Å². The van der Waals surface area contributed by atoms with E-state index in [9.17, 15) is 4.79 Å². The highest BCUT2D eigenvalue weighted by atomic mass is 16.5. The minimum Gasteiger partial charge on any atom is -0.465 e. The molecule has 0 aliphatic carbocycles. The molecule has 0 aromatic rings. The van der Waals surface area contributed by atoms with Crippen LogP contribution in [0.1, 0.15) is 48.0 Å². The topological polar surface area (TPSA) is 47.6 Å². The molecule has 0 fully saturated rings. The maximum Gasteiger partial charge on any atom is 0.328 e. The third-order valence-corrected chi connectivity index (χ3v) is 3.06. The number of nitrogens with one attached hydrogen (secondary N) is 1. The van der Waals surface area contributed by atoms with E-state index in [2.05, 4.69) is 26.1 Å². The van der Waals surface area contributed by atoms with E-state index in [4.69, 9.17) is 9.47 Å². The summed E-state index contributed by atoms with van der Waals surface area (Å²) in [7, 11) is 0. The maximum atomic E-state index is 12.0. The Morgan fingerprint density at radius 3 is 2.33 bits per heavy atom. The molecule has 0 aromatic heterocycles. The zero-order valence-corrected chi connectivity index (χ0v) is 12.7. The van der Waals surface area contributed by atoms with Crippen LogP contribution < -0.4 is 5.32 Å². The first-order chi connectivity index (χ1) is 8.37. The molecule has 1 N–H and O–H groups in total. The highest BCUT2D eigenvalue weighted by Gasteiger charge is 2.35. The molecule has 4 heteroatoms. The van der Waals surface area contributed by atoms with Gasteiger partial charge in [0, 0.05) is 0 Å². The predicted molar refractivity (Wildman–Crippen MR) is 73.6 cm³/mol. The van der Waals surface area contributed by atoms with Crippen molar-refractivity contribution < 1.29 is 14.3 Å². The Bertz CT molecular complexity index is 243. The molecule has 0 aromatic carbocycles. The van der Waals surface area contributed by atoms with Crippen molar-refractivity contribution in [2.45, 2.75) is 59.6 Å². The molecule has 0 saturated heterocycles. The zero-order valence-electron chi connectivity index (χ0n) is 12.7. The smallest absolute Gasteiger partial charge is 0.328 e. The molecule has 2 atom stereocenters. The van der Waals surface area contributed by atoms with Gasteiger partial charge in [0.15, 0.2) is 0 Å². The summed E-state index contributed by atoms with van der Waals surface area (Å²) >= 11 is 0. The van der Waals surface area contributed by atoms with Gasteiger partial charge < -0.3 is 14.8 Å². The van der Waals surface area contributed by atoms with E-state index < -0.39 is 5.54 Å². The first-order valence-electron chi connectivity index (χ1n) is 6.91. The van der Waals surface area contributed by atoms with Crippen LogP contribution in [0.25, 0.3) is 0 Å². The van der Waals surface area contributed by atoms with E-state index in [1.807, 2.05) is 20.8 Å². The van der Waals surface area contributed by atoms with Crippen LogP contribution in [-0.2, 0) is 14.3 Å². The highest BCUT2D eigenvalue weighted by Crippen LogP contribution is 2.13. The van der Waals surface area contributed by atoms with Crippen molar-refractivity contribution in [2.24, 2.45) is 5.92 Å². The molecule has 0 aliphatic heterocycles. The fraction of sp³-hybridized carbons (Fsp3) is 0.929. The largest absolute Gasteiger partial charge is 0.465 e. The summed E-state index contributed by atoms with van der Waals surface area (Å²) in [5, 5.41) is 3.23. The lowest BCUT2D eigenvalue weighted by molar-refractivity contribution is -0.154. The van der Waals surface area contributed by atoms with Crippen LogP contribution in [0.4, 0.5) is 0 Å². The zero-order chi connectivity index (χ0) is 14.2. The fourth-order valence-electron chi connectivity index (χ4n) is 1.36. The summed E-state index contributed by atoms with van der Waals surface area (Å²) in [6, 6.07) is 0. The third-order valence-electron chi connectivity index (χ3n) is 3.06. The van der Waals surface area contributed by atoms with E-state index in [1.54, 1.807) is 0 Å². The standard InChI is InChI=1S/C14H29NO3/c1-7-9-15-14(6,13(16)17-8-2)10-18-12(5)11(3)4/h11-12,15H,7-10H2,1-6H3. The molecule has 0 amide bonds. The minimum absolute atomic E-state index is 0.127. The van der Waals surface area contributed by atoms with Gasteiger partial charge in [-0.3, -0.25) is 0 Å². The number of carbonyl (C=O) groups is 1. The van der Waals surface area contributed by atoms with E-state index in [0.717, 1.165) is 13.0 Å². The summed E-state index contributed by atoms with van der Waals surface area (Å²) < 4.78 is 10.9. The van der Waals surface area contributed by atoms with Gasteiger partial charge in [-0.25, -0.2) is 4.79 Å². The number of rotatable bonds is 9. The van der Waals surface area contributed by atoms with Crippen LogP contribution >= 0.6 is 0 Å². The molecule has 0 spiro atoms. The lowest BCUT2D eigenvalue weighted by atomic mass is 10.0. The van der Waals surface area contributed by atoms with Crippen LogP contribution in [0.2, 0.25) is 0 Å². The summed E-state index contributed by atoms with van der Waals surface area (Å²) in [5.74, 6) is 0.192. The third kappa shape index (κ3) is 5.83. The Balaban J connectivity index is 4.50. The van der Waals surface area contributed by atoms with E-state index >= 15 is 0 Å². The molecule has 0 radical (unpaired) electrons. The van der Waals surface area contributed by atoms with Gasteiger partial charge in [-0.05, 0) is 39.7 Å². The average molecular weight is 259 g/mol. The number of carbonyl (C=O) groups excluding carboxylic acids is 1. The lowest BCUT2D eigenvalue weighted by Gasteiger charge is -2.30. The Morgan fingerprint density at radius 1 is 1.28 bits per heavy atom. The van der Waals surface area contributed by atoms with Gasteiger partial charge in [-0.2, -0.15) is 0 Å². The van der Waals surface area contributed by atoms with Crippen LogP contribution in [0.5, 0.6) is 0 Å². The number of hydrogen-bond donors (Lipinski definition) is 1. The summed E-state index contributed by atoms with van der Waals surface area (Å²) in [5.41, 5.74) is -0.755. The van der Waals surface area contributed by atoms with Gasteiger partial charge in [0.1, 0.15) is 5.54 Å². The fourth-order valence-corrected chi connectivity index (χ4v) is 1.36. The molecule has 0 heterocycles. The van der Waals surface area contributed by atoms with E-state index in [0.29, 0.717) is 19.1 Å². The molecule has 108 valence electrons. The first-order valence-corrected chi connectivity index (χ1v) is 6.91. The summed E-state index contributed by atoms with van der Waals surface area (Å²) in [6.45, 7) is 13.5. The van der Waals surface area contributed by atoms with Crippen molar-refractivity contribution >= 4 is 5.97 Å². The quantitative estimate of drug-likeness (QED) is 0.646. The minimum atomic E-state index is -0.755. The van der Waals surface area contributed by atoms with Gasteiger partial charge >= 0.3 is 5.97 Å². The number of esters is 1. The van der Waals surface area contributed by atoms with Crippen LogP contribution in [-0.4, -0.2) is 37.4 Å². The maximum absolute atomic E-state index is 12.0. The van der Waals surface area contributed by atoms with Crippen molar-refractivity contribution in [1.29, 1.82) is 0 Å². The van der Waals surface area contributed by atoms with E-state index in [1.165, 1.54) is 0 Å². The Kier molecular flexibility index (Phi) is 8.20. The number of ether oxygens (including phenoxy) is 2. The van der Waals surface area contributed by atoms with Gasteiger partial charge in [0.25, 0.3) is 0 Å². The van der Waals surface area contributed by atoms with Gasteiger partial charge in [-0.1, -0.05) is 20.8 Å². The molecular weight excluding hydrogens is 230 g/mol. The summed E-state index contributed by atoms with van der Waals surface area (Å²) in [4.78, 5) is 12.0. The number of hydrogen-bond acceptors (Lipinski definition) is 4. The molecule has 18 heavy (non-hydrogen) atoms. The van der Waals surface area contributed by atoms with Crippen LogP contribution in [0.3, 0.4) is 0 Å². The Hall–Kier alpha value is -0.610. The second-order valence-electron chi connectivity index (χ2n) is 5.24. The highest BCUT2D eigenvalue weighted by molar-refractivity contribution is 5.80. The molecule has 0 rings (SSSR count). The second-order valence-corrected chi connectivity index (χ2v) is 5.24. The van der Waals surface area contributed by atoms with Crippen molar-refractivity contribution in [3.05, 3.63) is 0 Å². The first kappa shape index (κ1) is 17.4. The molecule has 2 unspecified atom stereocenters.